The number of nitrogens with zero attached hydrogens (tertiary/aromatic N) is 1. The van der Waals surface area contributed by atoms with Crippen LogP contribution in [0.3, 0.4) is 0 Å². The van der Waals surface area contributed by atoms with Gasteiger partial charge in [0.2, 0.25) is 0 Å². The van der Waals surface area contributed by atoms with Gasteiger partial charge in [-0.2, -0.15) is 0 Å². The number of phenolic OH excluding ortho intramolecular Hbond substituents is 1. The van der Waals surface area contributed by atoms with E-state index in [1.54, 1.807) is 0 Å². The highest BCUT2D eigenvalue weighted by Crippen LogP contribution is 2.55. The molecule has 1 aliphatic carbocycles. The first kappa shape index (κ1) is 27.0. The molecular weight excluding hydrogens is 426 g/mol. The smallest absolute Gasteiger partial charge is 0.127 e. The minimum Gasteiger partial charge on any atom is -0.508 e. The van der Waals surface area contributed by atoms with Crippen molar-refractivity contribution in [2.24, 2.45) is 5.92 Å². The Bertz CT molecular complexity index is 839. The topological polar surface area (TPSA) is 73.2 Å². The van der Waals surface area contributed by atoms with Gasteiger partial charge < -0.3 is 20.1 Å². The van der Waals surface area contributed by atoms with Crippen LogP contribution in [0.25, 0.3) is 0 Å². The molecule has 5 nitrogen and oxygen atoms in total. The molecule has 1 aromatic rings. The van der Waals surface area contributed by atoms with Crippen LogP contribution in [-0.4, -0.2) is 58.7 Å². The molecule has 3 N–H and O–H groups in total. The van der Waals surface area contributed by atoms with Gasteiger partial charge in [-0.25, -0.2) is 0 Å². The number of benzene rings is 1. The first-order chi connectivity index (χ1) is 16.1. The van der Waals surface area contributed by atoms with E-state index in [2.05, 4.69) is 51.7 Å². The summed E-state index contributed by atoms with van der Waals surface area (Å²) in [7, 11) is 0. The molecule has 3 rings (SSSR count). The molecule has 2 aliphatic rings. The molecule has 1 unspecified atom stereocenters. The Morgan fingerprint density at radius 2 is 1.79 bits per heavy atom. The molecule has 0 saturated heterocycles. The van der Waals surface area contributed by atoms with Gasteiger partial charge >= 0.3 is 0 Å². The van der Waals surface area contributed by atoms with E-state index < -0.39 is 0 Å². The minimum absolute atomic E-state index is 0.0165. The fraction of sp³-hybridized carbons (Fsp3) is 0.724. The van der Waals surface area contributed by atoms with Crippen LogP contribution in [0.1, 0.15) is 96.6 Å². The summed E-state index contributed by atoms with van der Waals surface area (Å²) in [6.07, 6.45) is 10.1. The van der Waals surface area contributed by atoms with E-state index in [0.29, 0.717) is 24.8 Å². The second kappa shape index (κ2) is 11.5. The SMILES string of the molecule is CCCCCCC(C)(C)c1cc(O)c2c(c1)OC(C)(C)[C@H]1CC=C(CN(CCO)CCO)CC21. The fourth-order valence-electron chi connectivity index (χ4n) is 5.96. The van der Waals surface area contributed by atoms with Gasteiger partial charge in [0.1, 0.15) is 17.1 Å². The minimum atomic E-state index is -0.314. The molecule has 2 atom stereocenters. The summed E-state index contributed by atoms with van der Waals surface area (Å²) in [5.41, 5.74) is 3.09. The van der Waals surface area contributed by atoms with Crippen LogP contribution in [0.2, 0.25) is 0 Å². The van der Waals surface area contributed by atoms with Crippen molar-refractivity contribution < 1.29 is 20.1 Å². The summed E-state index contributed by atoms with van der Waals surface area (Å²) < 4.78 is 6.58. The number of hydrogen-bond donors (Lipinski definition) is 3. The second-order valence-electron chi connectivity index (χ2n) is 11.5. The summed E-state index contributed by atoms with van der Waals surface area (Å²) in [5.74, 6) is 1.70. The number of phenols is 1. The van der Waals surface area contributed by atoms with E-state index >= 15 is 0 Å². The van der Waals surface area contributed by atoms with Crippen LogP contribution in [0.5, 0.6) is 11.5 Å². The lowest BCUT2D eigenvalue weighted by Gasteiger charge is -2.47. The van der Waals surface area contributed by atoms with Crippen LogP contribution in [0.15, 0.2) is 23.8 Å². The van der Waals surface area contributed by atoms with Gasteiger partial charge in [-0.15, -0.1) is 0 Å². The van der Waals surface area contributed by atoms with Crippen molar-refractivity contribution in [3.63, 3.8) is 0 Å². The number of aromatic hydroxyl groups is 1. The summed E-state index contributed by atoms with van der Waals surface area (Å²) in [4.78, 5) is 2.10. The highest BCUT2D eigenvalue weighted by Gasteiger charge is 2.46. The number of fused-ring (bicyclic) bond motifs is 3. The normalized spacial score (nSPS) is 21.6. The monoisotopic (exact) mass is 473 g/mol. The summed E-state index contributed by atoms with van der Waals surface area (Å²) in [5, 5.41) is 30.1. The third kappa shape index (κ3) is 6.16. The lowest BCUT2D eigenvalue weighted by molar-refractivity contribution is 0.00679. The maximum absolute atomic E-state index is 11.3. The fourth-order valence-corrected chi connectivity index (χ4v) is 5.96. The maximum Gasteiger partial charge on any atom is 0.127 e. The van der Waals surface area contributed by atoms with Crippen LogP contribution in [0.4, 0.5) is 0 Å². The zero-order valence-electron chi connectivity index (χ0n) is 22.1. The molecular formula is C29H47NO4. The van der Waals surface area contributed by atoms with Crippen molar-refractivity contribution >= 4 is 0 Å². The average molecular weight is 474 g/mol. The standard InChI is InChI=1S/C29H47NO4/c1-6-7-8-9-12-28(2,3)22-18-25(33)27-23-17-21(20-30(13-15-31)14-16-32)10-11-24(23)29(4,5)34-26(27)19-22/h10,18-19,23-24,31-33H,6-9,11-17,20H2,1-5H3/t23?,24-/m0/s1. The zero-order chi connectivity index (χ0) is 24.9. The Labute approximate surface area is 206 Å². The second-order valence-corrected chi connectivity index (χ2v) is 11.5. The van der Waals surface area contributed by atoms with Crippen molar-refractivity contribution in [3.8, 4) is 11.5 Å². The number of unbranched alkanes of at least 4 members (excludes halogenated alkanes) is 3. The van der Waals surface area contributed by atoms with E-state index in [0.717, 1.165) is 42.7 Å². The summed E-state index contributed by atoms with van der Waals surface area (Å²) >= 11 is 0. The Hall–Kier alpha value is -1.56. The maximum atomic E-state index is 11.3. The third-order valence-corrected chi connectivity index (χ3v) is 8.08. The molecule has 5 heteroatoms. The predicted octanol–water partition coefficient (Wildman–Crippen LogP) is 5.52. The van der Waals surface area contributed by atoms with Gasteiger partial charge in [-0.1, -0.05) is 58.1 Å². The third-order valence-electron chi connectivity index (χ3n) is 8.08. The molecule has 0 bridgehead atoms. The van der Waals surface area contributed by atoms with Crippen molar-refractivity contribution in [2.45, 2.75) is 96.5 Å². The van der Waals surface area contributed by atoms with E-state index in [1.165, 1.54) is 31.3 Å². The number of hydrogen-bond acceptors (Lipinski definition) is 5. The largest absolute Gasteiger partial charge is 0.508 e. The molecule has 1 heterocycles. The van der Waals surface area contributed by atoms with Crippen molar-refractivity contribution in [2.75, 3.05) is 32.8 Å². The Kier molecular flexibility index (Phi) is 9.10. The quantitative estimate of drug-likeness (QED) is 0.275. The lowest BCUT2D eigenvalue weighted by atomic mass is 9.66. The molecule has 0 saturated carbocycles. The Balaban J connectivity index is 1.87. The molecule has 0 spiro atoms. The highest BCUT2D eigenvalue weighted by atomic mass is 16.5. The molecule has 0 aromatic heterocycles. The van der Waals surface area contributed by atoms with Gasteiger partial charge in [0.15, 0.2) is 0 Å². The van der Waals surface area contributed by atoms with Gasteiger partial charge in [-0.05, 0) is 56.2 Å². The van der Waals surface area contributed by atoms with Crippen LogP contribution in [0, 0.1) is 5.92 Å². The number of aliphatic hydroxyl groups is 2. The Morgan fingerprint density at radius 3 is 2.44 bits per heavy atom. The van der Waals surface area contributed by atoms with Crippen molar-refractivity contribution in [1.29, 1.82) is 0 Å². The first-order valence-corrected chi connectivity index (χ1v) is 13.3. The predicted molar refractivity (Wildman–Crippen MR) is 139 cm³/mol. The molecule has 0 fully saturated rings. The molecule has 1 aliphatic heterocycles. The van der Waals surface area contributed by atoms with E-state index in [-0.39, 0.29) is 30.1 Å². The van der Waals surface area contributed by atoms with Gasteiger partial charge in [0, 0.05) is 37.0 Å². The molecule has 1 aromatic carbocycles. The van der Waals surface area contributed by atoms with Crippen molar-refractivity contribution in [1.82, 2.24) is 4.90 Å². The highest BCUT2D eigenvalue weighted by molar-refractivity contribution is 5.54. The lowest BCUT2D eigenvalue weighted by Crippen LogP contribution is -2.46. The van der Waals surface area contributed by atoms with Crippen LogP contribution < -0.4 is 4.74 Å². The molecule has 0 amide bonds. The van der Waals surface area contributed by atoms with Gasteiger partial charge in [0.05, 0.1) is 13.2 Å². The van der Waals surface area contributed by atoms with E-state index in [9.17, 15) is 15.3 Å². The molecule has 0 radical (unpaired) electrons. The Morgan fingerprint density at radius 1 is 1.09 bits per heavy atom. The summed E-state index contributed by atoms with van der Waals surface area (Å²) in [6, 6.07) is 4.17. The number of allylic oxidation sites excluding steroid dienone is 1. The zero-order valence-corrected chi connectivity index (χ0v) is 22.1. The molecule has 192 valence electrons. The number of ether oxygens (including phenoxy) is 1. The van der Waals surface area contributed by atoms with Gasteiger partial charge in [-0.3, -0.25) is 4.90 Å². The number of aliphatic hydroxyl groups excluding tert-OH is 2. The van der Waals surface area contributed by atoms with Crippen molar-refractivity contribution in [3.05, 3.63) is 34.9 Å². The summed E-state index contributed by atoms with van der Waals surface area (Å²) in [6.45, 7) is 13.2. The van der Waals surface area contributed by atoms with E-state index in [1.807, 2.05) is 6.07 Å². The van der Waals surface area contributed by atoms with Crippen LogP contribution in [-0.2, 0) is 5.41 Å². The van der Waals surface area contributed by atoms with Crippen LogP contribution >= 0.6 is 0 Å². The first-order valence-electron chi connectivity index (χ1n) is 13.3. The average Bonchev–Trinajstić information content (AvgIpc) is 2.76. The molecule has 34 heavy (non-hydrogen) atoms. The van der Waals surface area contributed by atoms with Gasteiger partial charge in [0.25, 0.3) is 0 Å². The van der Waals surface area contributed by atoms with E-state index in [4.69, 9.17) is 4.74 Å². The number of rotatable bonds is 12.